The van der Waals surface area contributed by atoms with E-state index < -0.39 is 0 Å². The zero-order chi connectivity index (χ0) is 15.1. The number of ether oxygens (including phenoxy) is 1. The second-order valence-electron chi connectivity index (χ2n) is 5.34. The van der Waals surface area contributed by atoms with E-state index in [9.17, 15) is 0 Å². The number of fused-ring (bicyclic) bond motifs is 3. The molecule has 0 unspecified atom stereocenters. The van der Waals surface area contributed by atoms with Crippen molar-refractivity contribution >= 4 is 32.6 Å². The van der Waals surface area contributed by atoms with Gasteiger partial charge >= 0.3 is 0 Å². The highest BCUT2D eigenvalue weighted by Crippen LogP contribution is 2.33. The van der Waals surface area contributed by atoms with Gasteiger partial charge in [-0.15, -0.1) is 11.3 Å². The minimum Gasteiger partial charge on any atom is -0.497 e. The lowest BCUT2D eigenvalue weighted by atomic mass is 10.2. The smallest absolute Gasteiger partial charge is 0.124 e. The Balaban J connectivity index is 1.87. The van der Waals surface area contributed by atoms with Crippen LogP contribution < -0.4 is 4.74 Å². The van der Waals surface area contributed by atoms with Crippen molar-refractivity contribution < 1.29 is 4.74 Å². The number of nitrogens with zero attached hydrogens (tertiary/aromatic N) is 2. The van der Waals surface area contributed by atoms with Gasteiger partial charge in [0.2, 0.25) is 0 Å². The zero-order valence-electron chi connectivity index (χ0n) is 12.5. The molecule has 110 valence electrons. The van der Waals surface area contributed by atoms with E-state index in [1.54, 1.807) is 18.4 Å². The van der Waals surface area contributed by atoms with Crippen molar-refractivity contribution in [2.24, 2.45) is 0 Å². The summed E-state index contributed by atoms with van der Waals surface area (Å²) in [6.07, 6.45) is 0. The van der Waals surface area contributed by atoms with Crippen LogP contribution in [0.25, 0.3) is 21.3 Å². The van der Waals surface area contributed by atoms with Crippen molar-refractivity contribution in [2.45, 2.75) is 13.5 Å². The van der Waals surface area contributed by atoms with E-state index in [0.29, 0.717) is 0 Å². The first-order chi connectivity index (χ1) is 10.8. The molecule has 0 aliphatic carbocycles. The number of benzene rings is 2. The van der Waals surface area contributed by atoms with Crippen molar-refractivity contribution in [3.8, 4) is 5.75 Å². The molecule has 4 aromatic rings. The van der Waals surface area contributed by atoms with Gasteiger partial charge in [-0.05, 0) is 30.7 Å². The van der Waals surface area contributed by atoms with Gasteiger partial charge in [0, 0.05) is 11.9 Å². The highest BCUT2D eigenvalue weighted by Gasteiger charge is 2.14. The van der Waals surface area contributed by atoms with Gasteiger partial charge in [0.05, 0.1) is 17.6 Å². The average Bonchev–Trinajstić information content (AvgIpc) is 3.06. The first-order valence-electron chi connectivity index (χ1n) is 7.23. The molecule has 0 aliphatic heterocycles. The third-order valence-electron chi connectivity index (χ3n) is 3.91. The third kappa shape index (κ3) is 2.07. The van der Waals surface area contributed by atoms with Crippen LogP contribution in [0.2, 0.25) is 0 Å². The lowest BCUT2D eigenvalue weighted by molar-refractivity contribution is 0.414. The van der Waals surface area contributed by atoms with Crippen LogP contribution in [0, 0.1) is 6.92 Å². The van der Waals surface area contributed by atoms with E-state index in [1.165, 1.54) is 21.3 Å². The van der Waals surface area contributed by atoms with Crippen molar-refractivity contribution in [1.29, 1.82) is 0 Å². The van der Waals surface area contributed by atoms with Gasteiger partial charge in [0.15, 0.2) is 0 Å². The molecule has 4 rings (SSSR count). The van der Waals surface area contributed by atoms with Gasteiger partial charge in [-0.2, -0.15) is 0 Å². The predicted octanol–water partition coefficient (Wildman–Crippen LogP) is 4.62. The molecule has 2 heterocycles. The van der Waals surface area contributed by atoms with Crippen molar-refractivity contribution in [2.75, 3.05) is 7.11 Å². The maximum Gasteiger partial charge on any atom is 0.124 e. The molecule has 0 saturated heterocycles. The third-order valence-corrected chi connectivity index (χ3v) is 4.90. The monoisotopic (exact) mass is 308 g/mol. The van der Waals surface area contributed by atoms with Gasteiger partial charge in [0.25, 0.3) is 0 Å². The maximum absolute atomic E-state index is 5.23. The van der Waals surface area contributed by atoms with E-state index in [4.69, 9.17) is 9.72 Å². The number of rotatable bonds is 3. The molecule has 0 spiro atoms. The Kier molecular flexibility index (Phi) is 3.12. The van der Waals surface area contributed by atoms with Gasteiger partial charge in [-0.3, -0.25) is 0 Å². The molecule has 0 fully saturated rings. The highest BCUT2D eigenvalue weighted by molar-refractivity contribution is 7.18. The Labute approximate surface area is 132 Å². The molecule has 0 bridgehead atoms. The SMILES string of the molecule is COc1ccc(Cn2c3ccccc3c3nc(C)sc32)cc1. The molecule has 0 N–H and O–H groups in total. The molecule has 0 amide bonds. The van der Waals surface area contributed by atoms with Crippen LogP contribution in [-0.4, -0.2) is 16.7 Å². The molecule has 0 atom stereocenters. The van der Waals surface area contributed by atoms with Gasteiger partial charge < -0.3 is 9.30 Å². The van der Waals surface area contributed by atoms with Crippen LogP contribution in [0.1, 0.15) is 10.6 Å². The zero-order valence-corrected chi connectivity index (χ0v) is 13.4. The Morgan fingerprint density at radius 3 is 2.64 bits per heavy atom. The Morgan fingerprint density at radius 1 is 1.09 bits per heavy atom. The normalized spacial score (nSPS) is 11.4. The summed E-state index contributed by atoms with van der Waals surface area (Å²) in [5, 5.41) is 2.34. The number of para-hydroxylation sites is 1. The molecule has 0 saturated carbocycles. The van der Waals surface area contributed by atoms with E-state index in [1.807, 2.05) is 12.1 Å². The largest absolute Gasteiger partial charge is 0.497 e. The standard InChI is InChI=1S/C18H16N2OS/c1-12-19-17-15-5-3-4-6-16(15)20(18(17)22-12)11-13-7-9-14(21-2)10-8-13/h3-10H,11H2,1-2H3. The summed E-state index contributed by atoms with van der Waals surface area (Å²) in [5.41, 5.74) is 3.62. The fourth-order valence-corrected chi connectivity index (χ4v) is 3.81. The van der Waals surface area contributed by atoms with E-state index in [2.05, 4.69) is 47.9 Å². The minimum absolute atomic E-state index is 0.843. The second kappa shape index (κ2) is 5.14. The van der Waals surface area contributed by atoms with E-state index in [-0.39, 0.29) is 0 Å². The van der Waals surface area contributed by atoms with Crippen molar-refractivity contribution in [1.82, 2.24) is 9.55 Å². The van der Waals surface area contributed by atoms with E-state index in [0.717, 1.165) is 22.8 Å². The first-order valence-corrected chi connectivity index (χ1v) is 8.05. The number of hydrogen-bond acceptors (Lipinski definition) is 3. The van der Waals surface area contributed by atoms with Crippen LogP contribution in [0.3, 0.4) is 0 Å². The molecule has 0 aliphatic rings. The van der Waals surface area contributed by atoms with Crippen LogP contribution >= 0.6 is 11.3 Å². The van der Waals surface area contributed by atoms with Crippen LogP contribution in [0.15, 0.2) is 48.5 Å². The number of thiazole rings is 1. The number of methoxy groups -OCH3 is 1. The molecule has 0 radical (unpaired) electrons. The summed E-state index contributed by atoms with van der Waals surface area (Å²) in [7, 11) is 1.69. The number of aryl methyl sites for hydroxylation is 1. The Bertz CT molecular complexity index is 950. The summed E-state index contributed by atoms with van der Waals surface area (Å²) >= 11 is 1.76. The summed E-state index contributed by atoms with van der Waals surface area (Å²) in [6, 6.07) is 16.7. The van der Waals surface area contributed by atoms with E-state index >= 15 is 0 Å². The molecule has 3 nitrogen and oxygen atoms in total. The van der Waals surface area contributed by atoms with Crippen LogP contribution in [0.5, 0.6) is 5.75 Å². The lowest BCUT2D eigenvalue weighted by Gasteiger charge is -2.07. The van der Waals surface area contributed by atoms with Crippen LogP contribution in [-0.2, 0) is 6.54 Å². The van der Waals surface area contributed by atoms with Gasteiger partial charge in [-0.1, -0.05) is 30.3 Å². The molecular formula is C18H16N2OS. The highest BCUT2D eigenvalue weighted by atomic mass is 32.1. The summed E-state index contributed by atoms with van der Waals surface area (Å²) in [4.78, 5) is 5.95. The van der Waals surface area contributed by atoms with Crippen LogP contribution in [0.4, 0.5) is 0 Å². The Morgan fingerprint density at radius 2 is 1.86 bits per heavy atom. The van der Waals surface area contributed by atoms with Crippen molar-refractivity contribution in [3.05, 3.63) is 59.1 Å². The fourth-order valence-electron chi connectivity index (χ4n) is 2.86. The van der Waals surface area contributed by atoms with Gasteiger partial charge in [0.1, 0.15) is 16.1 Å². The second-order valence-corrected chi connectivity index (χ2v) is 6.52. The topological polar surface area (TPSA) is 27.1 Å². The molecule has 22 heavy (non-hydrogen) atoms. The molecular weight excluding hydrogens is 292 g/mol. The average molecular weight is 308 g/mol. The number of aromatic nitrogens is 2. The Hall–Kier alpha value is -2.33. The molecule has 2 aromatic carbocycles. The maximum atomic E-state index is 5.23. The molecule has 4 heteroatoms. The summed E-state index contributed by atoms with van der Waals surface area (Å²) < 4.78 is 7.59. The number of hydrogen-bond donors (Lipinski definition) is 0. The van der Waals surface area contributed by atoms with Crippen molar-refractivity contribution in [3.63, 3.8) is 0 Å². The summed E-state index contributed by atoms with van der Waals surface area (Å²) in [5.74, 6) is 0.889. The van der Waals surface area contributed by atoms with Gasteiger partial charge in [-0.25, -0.2) is 4.98 Å². The molecule has 2 aromatic heterocycles. The predicted molar refractivity (Wildman–Crippen MR) is 91.9 cm³/mol. The quantitative estimate of drug-likeness (QED) is 0.552. The lowest BCUT2D eigenvalue weighted by Crippen LogP contribution is -1.98. The fraction of sp³-hybridized carbons (Fsp3) is 0.167. The first kappa shape index (κ1) is 13.3. The minimum atomic E-state index is 0.843. The summed E-state index contributed by atoms with van der Waals surface area (Å²) in [6.45, 7) is 2.91.